The zero-order valence-electron chi connectivity index (χ0n) is 12.8. The first-order chi connectivity index (χ1) is 10.7. The number of aryl methyl sites for hydroxylation is 1. The van der Waals surface area contributed by atoms with Crippen molar-refractivity contribution < 1.29 is 9.84 Å². The highest BCUT2D eigenvalue weighted by Gasteiger charge is 2.25. The summed E-state index contributed by atoms with van der Waals surface area (Å²) in [5.74, 6) is 1.08. The van der Waals surface area contributed by atoms with Crippen LogP contribution >= 0.6 is 0 Å². The Bertz CT molecular complexity index is 681. The molecule has 0 fully saturated rings. The highest BCUT2D eigenvalue weighted by Crippen LogP contribution is 2.36. The van der Waals surface area contributed by atoms with E-state index >= 15 is 0 Å². The summed E-state index contributed by atoms with van der Waals surface area (Å²) in [4.78, 5) is 2.20. The molecule has 0 aliphatic carbocycles. The van der Waals surface area contributed by atoms with E-state index in [0.717, 1.165) is 30.9 Å². The van der Waals surface area contributed by atoms with Gasteiger partial charge in [0.25, 0.3) is 0 Å². The molecule has 2 aromatic carbocycles. The SMILES string of the molecule is C=CCN1CC(Cc2ccccc2C)Oc2ccc(O)cc21. The molecule has 1 unspecified atom stereocenters. The van der Waals surface area contributed by atoms with E-state index in [9.17, 15) is 5.11 Å². The van der Waals surface area contributed by atoms with Gasteiger partial charge in [-0.2, -0.15) is 0 Å². The Balaban J connectivity index is 1.85. The summed E-state index contributed by atoms with van der Waals surface area (Å²) in [6, 6.07) is 13.7. The quantitative estimate of drug-likeness (QED) is 0.873. The van der Waals surface area contributed by atoms with E-state index in [1.54, 1.807) is 12.1 Å². The van der Waals surface area contributed by atoms with E-state index in [4.69, 9.17) is 4.74 Å². The van der Waals surface area contributed by atoms with Crippen molar-refractivity contribution >= 4 is 5.69 Å². The number of ether oxygens (including phenoxy) is 1. The molecule has 3 nitrogen and oxygen atoms in total. The van der Waals surface area contributed by atoms with Crippen LogP contribution in [0.2, 0.25) is 0 Å². The van der Waals surface area contributed by atoms with E-state index in [2.05, 4.69) is 42.7 Å². The van der Waals surface area contributed by atoms with Crippen molar-refractivity contribution in [3.8, 4) is 11.5 Å². The third kappa shape index (κ3) is 2.93. The second kappa shape index (κ2) is 6.14. The summed E-state index contributed by atoms with van der Waals surface area (Å²) in [5.41, 5.74) is 3.53. The Hall–Kier alpha value is -2.42. The number of nitrogens with zero attached hydrogens (tertiary/aromatic N) is 1. The molecule has 1 N–H and O–H groups in total. The van der Waals surface area contributed by atoms with E-state index < -0.39 is 0 Å². The summed E-state index contributed by atoms with van der Waals surface area (Å²) in [6.07, 6.45) is 2.85. The molecule has 0 amide bonds. The molecule has 2 aromatic rings. The Morgan fingerprint density at radius 1 is 1.32 bits per heavy atom. The normalized spacial score (nSPS) is 16.8. The van der Waals surface area contributed by atoms with Crippen molar-refractivity contribution in [2.75, 3.05) is 18.0 Å². The molecule has 0 radical (unpaired) electrons. The predicted molar refractivity (Wildman–Crippen MR) is 89.8 cm³/mol. The van der Waals surface area contributed by atoms with Gasteiger partial charge in [0.05, 0.1) is 12.2 Å². The minimum atomic E-state index is 0.0955. The van der Waals surface area contributed by atoms with Gasteiger partial charge in [-0.1, -0.05) is 30.3 Å². The van der Waals surface area contributed by atoms with Crippen molar-refractivity contribution in [3.63, 3.8) is 0 Å². The first kappa shape index (κ1) is 14.5. The summed E-state index contributed by atoms with van der Waals surface area (Å²) < 4.78 is 6.14. The number of benzene rings is 2. The number of aromatic hydroxyl groups is 1. The van der Waals surface area contributed by atoms with Gasteiger partial charge in [0.1, 0.15) is 17.6 Å². The summed E-state index contributed by atoms with van der Waals surface area (Å²) >= 11 is 0. The Labute approximate surface area is 131 Å². The van der Waals surface area contributed by atoms with Crippen LogP contribution in [0.1, 0.15) is 11.1 Å². The maximum absolute atomic E-state index is 9.70. The fourth-order valence-electron chi connectivity index (χ4n) is 2.93. The molecule has 1 atom stereocenters. The van der Waals surface area contributed by atoms with Gasteiger partial charge < -0.3 is 14.7 Å². The van der Waals surface area contributed by atoms with Gasteiger partial charge >= 0.3 is 0 Å². The van der Waals surface area contributed by atoms with Gasteiger partial charge in [-0.3, -0.25) is 0 Å². The molecule has 1 aliphatic heterocycles. The minimum absolute atomic E-state index is 0.0955. The number of anilines is 1. The first-order valence-electron chi connectivity index (χ1n) is 7.57. The fourth-order valence-corrected chi connectivity index (χ4v) is 2.93. The molecule has 0 spiro atoms. The Kier molecular flexibility index (Phi) is 4.05. The third-order valence-electron chi connectivity index (χ3n) is 4.06. The lowest BCUT2D eigenvalue weighted by atomic mass is 10.0. The molecule has 114 valence electrons. The number of hydrogen-bond acceptors (Lipinski definition) is 3. The summed E-state index contributed by atoms with van der Waals surface area (Å²) in [7, 11) is 0. The van der Waals surface area contributed by atoms with Crippen molar-refractivity contribution in [1.82, 2.24) is 0 Å². The average Bonchev–Trinajstić information content (AvgIpc) is 2.51. The molecular weight excluding hydrogens is 274 g/mol. The van der Waals surface area contributed by atoms with E-state index in [-0.39, 0.29) is 11.9 Å². The van der Waals surface area contributed by atoms with Gasteiger partial charge in [0, 0.05) is 19.0 Å². The van der Waals surface area contributed by atoms with Gasteiger partial charge in [-0.25, -0.2) is 0 Å². The first-order valence-corrected chi connectivity index (χ1v) is 7.57. The van der Waals surface area contributed by atoms with Crippen LogP contribution in [0.5, 0.6) is 11.5 Å². The van der Waals surface area contributed by atoms with Crippen molar-refractivity contribution in [2.45, 2.75) is 19.4 Å². The average molecular weight is 295 g/mol. The smallest absolute Gasteiger partial charge is 0.143 e. The van der Waals surface area contributed by atoms with Crippen LogP contribution in [0.25, 0.3) is 0 Å². The molecule has 3 rings (SSSR count). The molecule has 1 aliphatic rings. The summed E-state index contributed by atoms with van der Waals surface area (Å²) in [6.45, 7) is 7.49. The molecule has 1 heterocycles. The van der Waals surface area contributed by atoms with Crippen LogP contribution in [-0.2, 0) is 6.42 Å². The van der Waals surface area contributed by atoms with Crippen LogP contribution in [0.15, 0.2) is 55.1 Å². The summed E-state index contributed by atoms with van der Waals surface area (Å²) in [5, 5.41) is 9.70. The van der Waals surface area contributed by atoms with E-state index in [1.807, 2.05) is 12.1 Å². The lowest BCUT2D eigenvalue weighted by Crippen LogP contribution is -2.41. The molecule has 0 saturated carbocycles. The lowest BCUT2D eigenvalue weighted by Gasteiger charge is -2.36. The van der Waals surface area contributed by atoms with Crippen LogP contribution in [0, 0.1) is 6.92 Å². The second-order valence-electron chi connectivity index (χ2n) is 5.72. The molecule has 22 heavy (non-hydrogen) atoms. The number of phenols is 1. The van der Waals surface area contributed by atoms with Crippen LogP contribution in [0.4, 0.5) is 5.69 Å². The monoisotopic (exact) mass is 295 g/mol. The lowest BCUT2D eigenvalue weighted by molar-refractivity contribution is 0.194. The predicted octanol–water partition coefficient (Wildman–Crippen LogP) is 3.70. The highest BCUT2D eigenvalue weighted by atomic mass is 16.5. The highest BCUT2D eigenvalue weighted by molar-refractivity contribution is 5.63. The van der Waals surface area contributed by atoms with Crippen LogP contribution < -0.4 is 9.64 Å². The Morgan fingerprint density at radius 2 is 2.14 bits per heavy atom. The fraction of sp³-hybridized carbons (Fsp3) is 0.263. The van der Waals surface area contributed by atoms with Gasteiger partial charge in [0.15, 0.2) is 0 Å². The van der Waals surface area contributed by atoms with Gasteiger partial charge in [-0.15, -0.1) is 6.58 Å². The zero-order valence-corrected chi connectivity index (χ0v) is 12.8. The minimum Gasteiger partial charge on any atom is -0.508 e. The van der Waals surface area contributed by atoms with Crippen molar-refractivity contribution in [3.05, 3.63) is 66.2 Å². The molecule has 0 bridgehead atoms. The maximum Gasteiger partial charge on any atom is 0.143 e. The van der Waals surface area contributed by atoms with Crippen molar-refractivity contribution in [1.29, 1.82) is 0 Å². The molecular formula is C19H21NO2. The second-order valence-corrected chi connectivity index (χ2v) is 5.72. The van der Waals surface area contributed by atoms with Gasteiger partial charge in [0.2, 0.25) is 0 Å². The van der Waals surface area contributed by atoms with E-state index in [0.29, 0.717) is 0 Å². The van der Waals surface area contributed by atoms with E-state index in [1.165, 1.54) is 11.1 Å². The number of hydrogen-bond donors (Lipinski definition) is 1. The number of rotatable bonds is 4. The third-order valence-corrected chi connectivity index (χ3v) is 4.06. The van der Waals surface area contributed by atoms with Crippen LogP contribution in [0.3, 0.4) is 0 Å². The maximum atomic E-state index is 9.70. The number of phenolic OH excluding ortho intramolecular Hbond substituents is 1. The molecule has 0 aromatic heterocycles. The zero-order chi connectivity index (χ0) is 15.5. The van der Waals surface area contributed by atoms with Gasteiger partial charge in [-0.05, 0) is 30.2 Å². The van der Waals surface area contributed by atoms with Crippen LogP contribution in [-0.4, -0.2) is 24.3 Å². The largest absolute Gasteiger partial charge is 0.508 e. The molecule has 0 saturated heterocycles. The topological polar surface area (TPSA) is 32.7 Å². The standard InChI is InChI=1S/C19H21NO2/c1-3-10-20-13-17(11-15-7-5-4-6-14(15)2)22-19-9-8-16(21)12-18(19)20/h3-9,12,17,21H,1,10-11,13H2,2H3. The number of fused-ring (bicyclic) bond motifs is 1. The molecule has 3 heteroatoms. The Morgan fingerprint density at radius 3 is 2.91 bits per heavy atom. The van der Waals surface area contributed by atoms with Crippen molar-refractivity contribution in [2.24, 2.45) is 0 Å².